The summed E-state index contributed by atoms with van der Waals surface area (Å²) in [5, 5.41) is 0. The summed E-state index contributed by atoms with van der Waals surface area (Å²) in [5.74, 6) is 0.378. The van der Waals surface area contributed by atoms with Crippen LogP contribution in [0, 0.1) is 6.92 Å². The van der Waals surface area contributed by atoms with E-state index in [2.05, 4.69) is 9.97 Å². The molecule has 0 saturated carbocycles. The Morgan fingerprint density at radius 1 is 1.50 bits per heavy atom. The first kappa shape index (κ1) is 10.7. The lowest BCUT2D eigenvalue weighted by Gasteiger charge is -1.98. The van der Waals surface area contributed by atoms with Gasteiger partial charge in [-0.05, 0) is 6.92 Å². The van der Waals surface area contributed by atoms with Crippen LogP contribution >= 0.6 is 0 Å². The number of H-pyrrole nitrogens is 1. The van der Waals surface area contributed by atoms with Crippen molar-refractivity contribution in [2.75, 3.05) is 7.11 Å². The second kappa shape index (κ2) is 5.35. The first-order valence-electron chi connectivity index (χ1n) is 3.84. The van der Waals surface area contributed by atoms with Crippen LogP contribution in [0.3, 0.4) is 0 Å². The molecule has 0 aromatic carbocycles. The van der Waals surface area contributed by atoms with Gasteiger partial charge in [-0.1, -0.05) is 13.8 Å². The van der Waals surface area contributed by atoms with Gasteiger partial charge in [0.05, 0.1) is 19.0 Å². The van der Waals surface area contributed by atoms with Crippen LogP contribution in [0.15, 0.2) is 11.1 Å². The van der Waals surface area contributed by atoms with Crippen molar-refractivity contribution in [3.63, 3.8) is 0 Å². The predicted octanol–water partition coefficient (Wildman–Crippen LogP) is 1.11. The normalized spacial score (nSPS) is 8.33. The zero-order valence-electron chi connectivity index (χ0n) is 7.84. The third kappa shape index (κ3) is 2.38. The molecule has 4 nitrogen and oxygen atoms in total. The molecule has 1 heterocycles. The standard InChI is InChI=1S/C6H8N2O2.C2H6/c1-4-5(9)7-3-8-6(4)10-2;1-2/h3H,1-2H3,(H,7,8,9);1-2H3. The van der Waals surface area contributed by atoms with Gasteiger partial charge >= 0.3 is 0 Å². The van der Waals surface area contributed by atoms with E-state index in [-0.39, 0.29) is 5.56 Å². The van der Waals surface area contributed by atoms with Gasteiger partial charge in [-0.15, -0.1) is 0 Å². The van der Waals surface area contributed by atoms with E-state index in [0.717, 1.165) is 0 Å². The highest BCUT2D eigenvalue weighted by Crippen LogP contribution is 2.04. The molecule has 12 heavy (non-hydrogen) atoms. The highest BCUT2D eigenvalue weighted by Gasteiger charge is 2.00. The van der Waals surface area contributed by atoms with Gasteiger partial charge in [0.2, 0.25) is 5.88 Å². The zero-order valence-corrected chi connectivity index (χ0v) is 7.84. The summed E-state index contributed by atoms with van der Waals surface area (Å²) in [6.45, 7) is 5.66. The first-order chi connectivity index (χ1) is 5.75. The van der Waals surface area contributed by atoms with Crippen molar-refractivity contribution in [1.82, 2.24) is 9.97 Å². The average Bonchev–Trinajstić information content (AvgIpc) is 2.13. The Bertz CT molecular complexity index is 281. The second-order valence-electron chi connectivity index (χ2n) is 1.87. The number of nitrogens with one attached hydrogen (secondary N) is 1. The Kier molecular flexibility index (Phi) is 4.76. The molecule has 0 aliphatic rings. The van der Waals surface area contributed by atoms with E-state index in [4.69, 9.17) is 4.74 Å². The molecule has 1 aromatic heterocycles. The Morgan fingerprint density at radius 2 is 2.08 bits per heavy atom. The molecular weight excluding hydrogens is 156 g/mol. The van der Waals surface area contributed by atoms with Gasteiger partial charge in [0.25, 0.3) is 5.56 Å². The van der Waals surface area contributed by atoms with Crippen LogP contribution < -0.4 is 10.3 Å². The molecule has 68 valence electrons. The largest absolute Gasteiger partial charge is 0.481 e. The fourth-order valence-electron chi connectivity index (χ4n) is 0.658. The average molecular weight is 170 g/mol. The van der Waals surface area contributed by atoms with E-state index >= 15 is 0 Å². The van der Waals surface area contributed by atoms with Crippen molar-refractivity contribution in [2.24, 2.45) is 0 Å². The van der Waals surface area contributed by atoms with Crippen LogP contribution in [0.25, 0.3) is 0 Å². The number of methoxy groups -OCH3 is 1. The van der Waals surface area contributed by atoms with Crippen molar-refractivity contribution in [2.45, 2.75) is 20.8 Å². The van der Waals surface area contributed by atoms with E-state index in [0.29, 0.717) is 11.4 Å². The molecule has 0 unspecified atom stereocenters. The maximum absolute atomic E-state index is 10.8. The Labute approximate surface area is 71.6 Å². The summed E-state index contributed by atoms with van der Waals surface area (Å²) < 4.78 is 4.79. The molecule has 0 bridgehead atoms. The van der Waals surface area contributed by atoms with Gasteiger partial charge in [0.1, 0.15) is 0 Å². The van der Waals surface area contributed by atoms with Gasteiger partial charge in [0.15, 0.2) is 0 Å². The molecule has 0 radical (unpaired) electrons. The molecule has 1 N–H and O–H groups in total. The van der Waals surface area contributed by atoms with Crippen LogP contribution in [-0.2, 0) is 0 Å². The van der Waals surface area contributed by atoms with E-state index in [9.17, 15) is 4.79 Å². The van der Waals surface area contributed by atoms with E-state index < -0.39 is 0 Å². The van der Waals surface area contributed by atoms with Gasteiger partial charge in [-0.2, -0.15) is 0 Å². The molecule has 0 aliphatic heterocycles. The Balaban J connectivity index is 0.000000561. The van der Waals surface area contributed by atoms with Crippen molar-refractivity contribution in [3.8, 4) is 5.88 Å². The monoisotopic (exact) mass is 170 g/mol. The van der Waals surface area contributed by atoms with Crippen LogP contribution in [0.5, 0.6) is 5.88 Å². The van der Waals surface area contributed by atoms with E-state index in [1.54, 1.807) is 6.92 Å². The number of nitrogens with zero attached hydrogens (tertiary/aromatic N) is 1. The summed E-state index contributed by atoms with van der Waals surface area (Å²) in [7, 11) is 1.48. The van der Waals surface area contributed by atoms with E-state index in [1.807, 2.05) is 13.8 Å². The number of hydrogen-bond donors (Lipinski definition) is 1. The maximum atomic E-state index is 10.8. The molecule has 1 aromatic rings. The minimum Gasteiger partial charge on any atom is -0.481 e. The zero-order chi connectivity index (χ0) is 9.56. The molecule has 0 fully saturated rings. The lowest BCUT2D eigenvalue weighted by atomic mass is 10.4. The highest BCUT2D eigenvalue weighted by atomic mass is 16.5. The smallest absolute Gasteiger partial charge is 0.257 e. The third-order valence-electron chi connectivity index (χ3n) is 1.23. The van der Waals surface area contributed by atoms with Crippen LogP contribution in [-0.4, -0.2) is 17.1 Å². The number of ether oxygens (including phenoxy) is 1. The molecule has 0 spiro atoms. The quantitative estimate of drug-likeness (QED) is 0.687. The Hall–Kier alpha value is -1.32. The summed E-state index contributed by atoms with van der Waals surface area (Å²) in [6, 6.07) is 0. The fourth-order valence-corrected chi connectivity index (χ4v) is 0.658. The summed E-state index contributed by atoms with van der Waals surface area (Å²) in [6.07, 6.45) is 1.31. The van der Waals surface area contributed by atoms with Crippen molar-refractivity contribution < 1.29 is 4.74 Å². The van der Waals surface area contributed by atoms with Gasteiger partial charge in [-0.3, -0.25) is 4.79 Å². The number of rotatable bonds is 1. The molecular formula is C8H14N2O2. The summed E-state index contributed by atoms with van der Waals surface area (Å²) in [5.41, 5.74) is 0.344. The minimum absolute atomic E-state index is 0.160. The molecule has 1 rings (SSSR count). The Morgan fingerprint density at radius 3 is 2.50 bits per heavy atom. The number of hydrogen-bond acceptors (Lipinski definition) is 3. The molecule has 0 aliphatic carbocycles. The lowest BCUT2D eigenvalue weighted by Crippen LogP contribution is -2.10. The predicted molar refractivity (Wildman–Crippen MR) is 47.5 cm³/mol. The van der Waals surface area contributed by atoms with Crippen molar-refractivity contribution in [3.05, 3.63) is 22.2 Å². The summed E-state index contributed by atoms with van der Waals surface area (Å²) in [4.78, 5) is 17.0. The SMILES string of the molecule is CC.COc1nc[nH]c(=O)c1C. The van der Waals surface area contributed by atoms with Gasteiger partial charge in [0, 0.05) is 0 Å². The van der Waals surface area contributed by atoms with Crippen LogP contribution in [0.2, 0.25) is 0 Å². The van der Waals surface area contributed by atoms with Crippen molar-refractivity contribution >= 4 is 0 Å². The third-order valence-corrected chi connectivity index (χ3v) is 1.23. The number of aromatic amines is 1. The van der Waals surface area contributed by atoms with Crippen molar-refractivity contribution in [1.29, 1.82) is 0 Å². The van der Waals surface area contributed by atoms with Crippen LogP contribution in [0.4, 0.5) is 0 Å². The first-order valence-corrected chi connectivity index (χ1v) is 3.84. The molecule has 0 amide bonds. The number of aromatic nitrogens is 2. The highest BCUT2D eigenvalue weighted by molar-refractivity contribution is 5.19. The maximum Gasteiger partial charge on any atom is 0.257 e. The van der Waals surface area contributed by atoms with Gasteiger partial charge < -0.3 is 9.72 Å². The summed E-state index contributed by atoms with van der Waals surface area (Å²) >= 11 is 0. The molecule has 4 heteroatoms. The van der Waals surface area contributed by atoms with E-state index in [1.165, 1.54) is 13.4 Å². The van der Waals surface area contributed by atoms with Gasteiger partial charge in [-0.25, -0.2) is 4.98 Å². The fraction of sp³-hybridized carbons (Fsp3) is 0.500. The molecule has 0 atom stereocenters. The minimum atomic E-state index is -0.160. The molecule has 0 saturated heterocycles. The van der Waals surface area contributed by atoms with Crippen LogP contribution in [0.1, 0.15) is 19.4 Å². The second-order valence-corrected chi connectivity index (χ2v) is 1.87. The topological polar surface area (TPSA) is 55.0 Å². The lowest BCUT2D eigenvalue weighted by molar-refractivity contribution is 0.392.